The Hall–Kier alpha value is -1.59. The van der Waals surface area contributed by atoms with Crippen molar-refractivity contribution in [2.45, 2.75) is 19.3 Å². The number of benzene rings is 1. The molecule has 2 heterocycles. The van der Waals surface area contributed by atoms with Gasteiger partial charge in [-0.25, -0.2) is 0 Å². The smallest absolute Gasteiger partial charge is 0.226 e. The minimum Gasteiger partial charge on any atom is -0.378 e. The Labute approximate surface area is 147 Å². The van der Waals surface area contributed by atoms with Crippen molar-refractivity contribution in [1.29, 1.82) is 0 Å². The van der Waals surface area contributed by atoms with Gasteiger partial charge < -0.3 is 14.5 Å². The summed E-state index contributed by atoms with van der Waals surface area (Å²) < 4.78 is 5.29. The number of morpholine rings is 1. The van der Waals surface area contributed by atoms with Crippen molar-refractivity contribution in [3.63, 3.8) is 0 Å². The van der Waals surface area contributed by atoms with Crippen LogP contribution in [-0.2, 0) is 20.7 Å². The molecule has 1 aromatic rings. The lowest BCUT2D eigenvalue weighted by atomic mass is 9.94. The summed E-state index contributed by atoms with van der Waals surface area (Å²) in [5, 5.41) is 0.675. The lowest BCUT2D eigenvalue weighted by Crippen LogP contribution is -2.47. The van der Waals surface area contributed by atoms with Gasteiger partial charge in [0.2, 0.25) is 11.8 Å². The van der Waals surface area contributed by atoms with Crippen molar-refractivity contribution in [3.8, 4) is 0 Å². The molecule has 0 N–H and O–H groups in total. The molecule has 24 heavy (non-hydrogen) atoms. The van der Waals surface area contributed by atoms with Gasteiger partial charge in [-0.3, -0.25) is 9.59 Å². The number of hydrogen-bond acceptors (Lipinski definition) is 3. The topological polar surface area (TPSA) is 49.9 Å². The molecule has 0 bridgehead atoms. The molecule has 0 unspecified atom stereocenters. The quantitative estimate of drug-likeness (QED) is 0.837. The molecular formula is C18H23ClN2O3. The van der Waals surface area contributed by atoms with E-state index in [-0.39, 0.29) is 17.7 Å². The van der Waals surface area contributed by atoms with E-state index >= 15 is 0 Å². The summed E-state index contributed by atoms with van der Waals surface area (Å²) in [6.07, 6.45) is 1.89. The van der Waals surface area contributed by atoms with Crippen LogP contribution in [0.25, 0.3) is 0 Å². The van der Waals surface area contributed by atoms with Gasteiger partial charge in [-0.2, -0.15) is 0 Å². The summed E-state index contributed by atoms with van der Waals surface area (Å²) in [4.78, 5) is 28.7. The molecule has 0 atom stereocenters. The molecule has 2 saturated heterocycles. The molecule has 2 fully saturated rings. The van der Waals surface area contributed by atoms with Crippen LogP contribution >= 0.6 is 11.6 Å². The molecule has 2 aliphatic rings. The number of carbonyl (C=O) groups excluding carboxylic acids is 2. The predicted octanol–water partition coefficient (Wildman–Crippen LogP) is 1.98. The Morgan fingerprint density at radius 1 is 1.00 bits per heavy atom. The van der Waals surface area contributed by atoms with E-state index in [4.69, 9.17) is 16.3 Å². The number of ether oxygens (including phenoxy) is 1. The maximum atomic E-state index is 12.5. The highest BCUT2D eigenvalue weighted by atomic mass is 35.5. The maximum Gasteiger partial charge on any atom is 0.226 e. The zero-order valence-corrected chi connectivity index (χ0v) is 14.5. The van der Waals surface area contributed by atoms with Crippen LogP contribution < -0.4 is 0 Å². The predicted molar refractivity (Wildman–Crippen MR) is 91.9 cm³/mol. The second-order valence-corrected chi connectivity index (χ2v) is 6.83. The molecule has 6 heteroatoms. The Bertz CT molecular complexity index is 576. The Morgan fingerprint density at radius 2 is 1.62 bits per heavy atom. The van der Waals surface area contributed by atoms with Crippen LogP contribution in [0.15, 0.2) is 24.3 Å². The van der Waals surface area contributed by atoms with Crippen molar-refractivity contribution >= 4 is 23.4 Å². The molecule has 2 amide bonds. The average Bonchev–Trinajstić information content (AvgIpc) is 2.64. The van der Waals surface area contributed by atoms with Gasteiger partial charge in [0, 0.05) is 37.1 Å². The molecule has 0 aliphatic carbocycles. The molecule has 3 rings (SSSR count). The van der Waals surface area contributed by atoms with Gasteiger partial charge in [0.1, 0.15) is 0 Å². The Morgan fingerprint density at radius 3 is 2.25 bits per heavy atom. The maximum absolute atomic E-state index is 12.5. The van der Waals surface area contributed by atoms with Gasteiger partial charge in [0.25, 0.3) is 0 Å². The molecule has 5 nitrogen and oxygen atoms in total. The van der Waals surface area contributed by atoms with Crippen molar-refractivity contribution in [1.82, 2.24) is 9.80 Å². The van der Waals surface area contributed by atoms with Gasteiger partial charge in [-0.1, -0.05) is 23.7 Å². The first kappa shape index (κ1) is 17.2. The normalized spacial score (nSPS) is 19.4. The van der Waals surface area contributed by atoms with Crippen molar-refractivity contribution < 1.29 is 14.3 Å². The largest absolute Gasteiger partial charge is 0.378 e. The highest BCUT2D eigenvalue weighted by Crippen LogP contribution is 2.21. The zero-order chi connectivity index (χ0) is 16.9. The summed E-state index contributed by atoms with van der Waals surface area (Å²) in [5.41, 5.74) is 0.968. The Balaban J connectivity index is 1.48. The summed E-state index contributed by atoms with van der Waals surface area (Å²) in [7, 11) is 0. The standard InChI is InChI=1S/C18H23ClN2O3/c19-16-3-1-14(2-4-16)13-17(22)20-7-5-15(6-8-20)18(23)21-9-11-24-12-10-21/h1-4,15H,5-13H2. The van der Waals surface area contributed by atoms with Crippen molar-refractivity contribution in [3.05, 3.63) is 34.9 Å². The number of amides is 2. The van der Waals surface area contributed by atoms with E-state index in [1.807, 2.05) is 21.9 Å². The zero-order valence-electron chi connectivity index (χ0n) is 13.7. The summed E-state index contributed by atoms with van der Waals surface area (Å²) in [5.74, 6) is 0.389. The van der Waals surface area contributed by atoms with Crippen LogP contribution in [-0.4, -0.2) is 61.0 Å². The van der Waals surface area contributed by atoms with E-state index in [1.165, 1.54) is 0 Å². The van der Waals surface area contributed by atoms with E-state index in [0.29, 0.717) is 50.8 Å². The third kappa shape index (κ3) is 4.28. The van der Waals surface area contributed by atoms with Crippen LogP contribution in [0.3, 0.4) is 0 Å². The van der Waals surface area contributed by atoms with Crippen molar-refractivity contribution in [2.24, 2.45) is 5.92 Å². The van der Waals surface area contributed by atoms with Crippen LogP contribution in [0, 0.1) is 5.92 Å². The number of carbonyl (C=O) groups is 2. The van der Waals surface area contributed by atoms with Gasteiger partial charge in [0.15, 0.2) is 0 Å². The van der Waals surface area contributed by atoms with Crippen LogP contribution in [0.1, 0.15) is 18.4 Å². The number of hydrogen-bond donors (Lipinski definition) is 0. The van der Waals surface area contributed by atoms with E-state index < -0.39 is 0 Å². The first-order valence-corrected chi connectivity index (χ1v) is 8.90. The first-order chi connectivity index (χ1) is 11.6. The highest BCUT2D eigenvalue weighted by molar-refractivity contribution is 6.30. The first-order valence-electron chi connectivity index (χ1n) is 8.52. The summed E-state index contributed by atoms with van der Waals surface area (Å²) in [6.45, 7) is 3.96. The van der Waals surface area contributed by atoms with Crippen LogP contribution in [0.2, 0.25) is 5.02 Å². The number of likely N-dealkylation sites (tertiary alicyclic amines) is 1. The number of halogens is 1. The van der Waals surface area contributed by atoms with E-state index in [9.17, 15) is 9.59 Å². The van der Waals surface area contributed by atoms with E-state index in [1.54, 1.807) is 12.1 Å². The lowest BCUT2D eigenvalue weighted by Gasteiger charge is -2.35. The van der Waals surface area contributed by atoms with Crippen molar-refractivity contribution in [2.75, 3.05) is 39.4 Å². The van der Waals surface area contributed by atoms with Crippen LogP contribution in [0.5, 0.6) is 0 Å². The SMILES string of the molecule is O=C(Cc1ccc(Cl)cc1)N1CCC(C(=O)N2CCOCC2)CC1. The molecule has 0 spiro atoms. The minimum absolute atomic E-state index is 0.0441. The van der Waals surface area contributed by atoms with Gasteiger partial charge >= 0.3 is 0 Å². The van der Waals surface area contributed by atoms with Gasteiger partial charge in [0.05, 0.1) is 19.6 Å². The molecule has 0 aromatic heterocycles. The van der Waals surface area contributed by atoms with Crippen LogP contribution in [0.4, 0.5) is 0 Å². The fraction of sp³-hybridized carbons (Fsp3) is 0.556. The minimum atomic E-state index is 0.0441. The van der Waals surface area contributed by atoms with E-state index in [0.717, 1.165) is 18.4 Å². The molecule has 130 valence electrons. The Kier molecular flexibility index (Phi) is 5.74. The number of nitrogens with zero attached hydrogens (tertiary/aromatic N) is 2. The second-order valence-electron chi connectivity index (χ2n) is 6.40. The summed E-state index contributed by atoms with van der Waals surface area (Å²) in [6, 6.07) is 7.37. The molecule has 0 radical (unpaired) electrons. The number of rotatable bonds is 3. The highest BCUT2D eigenvalue weighted by Gasteiger charge is 2.30. The van der Waals surface area contributed by atoms with Gasteiger partial charge in [-0.05, 0) is 30.5 Å². The molecule has 0 saturated carbocycles. The average molecular weight is 351 g/mol. The van der Waals surface area contributed by atoms with E-state index in [2.05, 4.69) is 0 Å². The second kappa shape index (κ2) is 7.99. The lowest BCUT2D eigenvalue weighted by molar-refractivity contribution is -0.143. The van der Waals surface area contributed by atoms with Gasteiger partial charge in [-0.15, -0.1) is 0 Å². The molecular weight excluding hydrogens is 328 g/mol. The molecule has 2 aliphatic heterocycles. The third-order valence-corrected chi connectivity index (χ3v) is 5.04. The fourth-order valence-electron chi connectivity index (χ4n) is 3.31. The summed E-state index contributed by atoms with van der Waals surface area (Å²) >= 11 is 5.87. The third-order valence-electron chi connectivity index (χ3n) is 4.79. The number of piperidine rings is 1. The fourth-order valence-corrected chi connectivity index (χ4v) is 3.43. The molecule has 1 aromatic carbocycles. The monoisotopic (exact) mass is 350 g/mol.